The number of halogens is 3. The summed E-state index contributed by atoms with van der Waals surface area (Å²) in [5.41, 5.74) is -1.20. The van der Waals surface area contributed by atoms with Gasteiger partial charge in [0.1, 0.15) is 0 Å². The fourth-order valence-electron chi connectivity index (χ4n) is 2.61. The van der Waals surface area contributed by atoms with Crippen LogP contribution in [0.25, 0.3) is 5.69 Å². The molecular formula is C19H13F3N4O5. The van der Waals surface area contributed by atoms with Crippen LogP contribution >= 0.6 is 0 Å². The van der Waals surface area contributed by atoms with Crippen LogP contribution in [0.3, 0.4) is 0 Å². The first-order chi connectivity index (χ1) is 14.6. The Bertz CT molecular complexity index is 1160. The quantitative estimate of drug-likeness (QED) is 0.371. The Labute approximate surface area is 172 Å². The van der Waals surface area contributed by atoms with Gasteiger partial charge in [-0.1, -0.05) is 0 Å². The zero-order valence-corrected chi connectivity index (χ0v) is 15.7. The fraction of sp³-hybridized carbons (Fsp3) is 0.105. The highest BCUT2D eigenvalue weighted by molar-refractivity contribution is 6.05. The third-order valence-electron chi connectivity index (χ3n) is 4.08. The summed E-state index contributed by atoms with van der Waals surface area (Å²) in [7, 11) is 1.11. The van der Waals surface area contributed by atoms with Crippen LogP contribution in [0.5, 0.6) is 0 Å². The number of carbonyl (C=O) groups is 2. The highest BCUT2D eigenvalue weighted by atomic mass is 19.4. The van der Waals surface area contributed by atoms with Gasteiger partial charge in [-0.15, -0.1) is 0 Å². The molecule has 1 N–H and O–H groups in total. The fourth-order valence-corrected chi connectivity index (χ4v) is 2.61. The van der Waals surface area contributed by atoms with Crippen molar-refractivity contribution >= 4 is 23.3 Å². The van der Waals surface area contributed by atoms with E-state index in [1.54, 1.807) is 0 Å². The van der Waals surface area contributed by atoms with E-state index in [2.05, 4.69) is 15.2 Å². The molecule has 160 valence electrons. The van der Waals surface area contributed by atoms with E-state index in [1.165, 1.54) is 30.3 Å². The van der Waals surface area contributed by atoms with Crippen LogP contribution in [0, 0.1) is 10.1 Å². The number of hydrogen-bond acceptors (Lipinski definition) is 6. The van der Waals surface area contributed by atoms with Crippen LogP contribution in [-0.2, 0) is 10.9 Å². The number of amides is 1. The molecule has 0 atom stereocenters. The maximum Gasteiger partial charge on any atom is 0.435 e. The number of carbonyl (C=O) groups excluding carboxylic acids is 2. The van der Waals surface area contributed by atoms with Crippen molar-refractivity contribution in [1.82, 2.24) is 9.78 Å². The van der Waals surface area contributed by atoms with Crippen molar-refractivity contribution in [3.05, 3.63) is 81.7 Å². The molecule has 2 aromatic carbocycles. The SMILES string of the molecule is COC(=O)c1cc(NC(=O)c2ccc(-n3ccc(C(F)(F)F)n3)cc2)cc([N+](=O)[O-])c1. The molecular weight excluding hydrogens is 421 g/mol. The lowest BCUT2D eigenvalue weighted by molar-refractivity contribution is -0.384. The van der Waals surface area contributed by atoms with Crippen LogP contribution in [0.4, 0.5) is 24.5 Å². The monoisotopic (exact) mass is 434 g/mol. The number of esters is 1. The van der Waals surface area contributed by atoms with E-state index in [9.17, 15) is 32.9 Å². The van der Waals surface area contributed by atoms with Crippen LogP contribution < -0.4 is 5.32 Å². The zero-order chi connectivity index (χ0) is 22.8. The van der Waals surface area contributed by atoms with Gasteiger partial charge in [-0.3, -0.25) is 14.9 Å². The van der Waals surface area contributed by atoms with E-state index in [4.69, 9.17) is 0 Å². The number of nitrogens with one attached hydrogen (secondary N) is 1. The van der Waals surface area contributed by atoms with Gasteiger partial charge in [0.05, 0.1) is 23.3 Å². The summed E-state index contributed by atoms with van der Waals surface area (Å²) in [6.45, 7) is 0. The first-order valence-corrected chi connectivity index (χ1v) is 8.51. The Hall–Kier alpha value is -4.22. The van der Waals surface area contributed by atoms with Gasteiger partial charge in [-0.2, -0.15) is 18.3 Å². The van der Waals surface area contributed by atoms with Crippen molar-refractivity contribution in [3.63, 3.8) is 0 Å². The molecule has 0 radical (unpaired) electrons. The van der Waals surface area contributed by atoms with Gasteiger partial charge in [-0.05, 0) is 36.4 Å². The summed E-state index contributed by atoms with van der Waals surface area (Å²) in [5, 5.41) is 16.9. The Balaban J connectivity index is 1.81. The molecule has 1 aromatic heterocycles. The molecule has 1 amide bonds. The van der Waals surface area contributed by atoms with E-state index in [0.717, 1.165) is 36.2 Å². The average Bonchev–Trinajstić information content (AvgIpc) is 3.24. The number of alkyl halides is 3. The van der Waals surface area contributed by atoms with E-state index in [0.29, 0.717) is 0 Å². The van der Waals surface area contributed by atoms with Crippen molar-refractivity contribution in [2.75, 3.05) is 12.4 Å². The number of rotatable bonds is 5. The first-order valence-electron chi connectivity index (χ1n) is 8.51. The average molecular weight is 434 g/mol. The maximum atomic E-state index is 12.7. The Kier molecular flexibility index (Phi) is 5.72. The largest absolute Gasteiger partial charge is 0.465 e. The van der Waals surface area contributed by atoms with Crippen molar-refractivity contribution in [3.8, 4) is 5.69 Å². The lowest BCUT2D eigenvalue weighted by Crippen LogP contribution is -2.13. The number of nitro benzene ring substituents is 1. The van der Waals surface area contributed by atoms with Crippen molar-refractivity contribution in [2.24, 2.45) is 0 Å². The molecule has 3 rings (SSSR count). The van der Waals surface area contributed by atoms with Gasteiger partial charge in [0, 0.05) is 29.6 Å². The normalized spacial score (nSPS) is 11.1. The van der Waals surface area contributed by atoms with Crippen LogP contribution in [0.1, 0.15) is 26.4 Å². The molecule has 0 saturated heterocycles. The molecule has 0 spiro atoms. The third-order valence-corrected chi connectivity index (χ3v) is 4.08. The van der Waals surface area contributed by atoms with Crippen molar-refractivity contribution in [1.29, 1.82) is 0 Å². The molecule has 0 bridgehead atoms. The zero-order valence-electron chi connectivity index (χ0n) is 15.7. The molecule has 0 fully saturated rings. The molecule has 0 unspecified atom stereocenters. The van der Waals surface area contributed by atoms with Crippen LogP contribution in [0.15, 0.2) is 54.7 Å². The second-order valence-corrected chi connectivity index (χ2v) is 6.16. The summed E-state index contributed by atoms with van der Waals surface area (Å²) in [6, 6.07) is 9.58. The summed E-state index contributed by atoms with van der Waals surface area (Å²) in [6.07, 6.45) is -3.44. The Morgan fingerprint density at radius 1 is 1.10 bits per heavy atom. The lowest BCUT2D eigenvalue weighted by atomic mass is 10.1. The number of aromatic nitrogens is 2. The Morgan fingerprint density at radius 3 is 2.32 bits per heavy atom. The molecule has 3 aromatic rings. The minimum atomic E-state index is -4.58. The highest BCUT2D eigenvalue weighted by Gasteiger charge is 2.33. The van der Waals surface area contributed by atoms with Crippen molar-refractivity contribution < 1.29 is 32.4 Å². The summed E-state index contributed by atoms with van der Waals surface area (Å²) < 4.78 is 43.6. The summed E-state index contributed by atoms with van der Waals surface area (Å²) in [5.74, 6) is -1.47. The molecule has 0 aliphatic rings. The van der Waals surface area contributed by atoms with Gasteiger partial charge in [-0.25, -0.2) is 9.48 Å². The second kappa shape index (κ2) is 8.26. The molecule has 0 aliphatic heterocycles. The van der Waals surface area contributed by atoms with E-state index < -0.39 is 34.4 Å². The van der Waals surface area contributed by atoms with E-state index in [-0.39, 0.29) is 22.5 Å². The third kappa shape index (κ3) is 4.86. The second-order valence-electron chi connectivity index (χ2n) is 6.16. The van der Waals surface area contributed by atoms with Gasteiger partial charge < -0.3 is 10.1 Å². The number of nitro groups is 1. The first kappa shape index (κ1) is 21.5. The number of non-ortho nitro benzene ring substituents is 1. The van der Waals surface area contributed by atoms with Crippen molar-refractivity contribution in [2.45, 2.75) is 6.18 Å². The molecule has 0 aliphatic carbocycles. The molecule has 12 heteroatoms. The Morgan fingerprint density at radius 2 is 1.77 bits per heavy atom. The van der Waals surface area contributed by atoms with E-state index >= 15 is 0 Å². The predicted molar refractivity (Wildman–Crippen MR) is 101 cm³/mol. The maximum absolute atomic E-state index is 12.7. The number of methoxy groups -OCH3 is 1. The minimum Gasteiger partial charge on any atom is -0.465 e. The smallest absolute Gasteiger partial charge is 0.435 e. The number of benzene rings is 2. The van der Waals surface area contributed by atoms with Crippen LogP contribution in [0.2, 0.25) is 0 Å². The number of anilines is 1. The number of ether oxygens (including phenoxy) is 1. The molecule has 1 heterocycles. The van der Waals surface area contributed by atoms with Gasteiger partial charge in [0.15, 0.2) is 5.69 Å². The summed E-state index contributed by atoms with van der Waals surface area (Å²) in [4.78, 5) is 34.5. The van der Waals surface area contributed by atoms with Gasteiger partial charge in [0.2, 0.25) is 0 Å². The summed E-state index contributed by atoms with van der Waals surface area (Å²) >= 11 is 0. The van der Waals surface area contributed by atoms with E-state index in [1.807, 2.05) is 0 Å². The van der Waals surface area contributed by atoms with Gasteiger partial charge in [0.25, 0.3) is 11.6 Å². The number of hydrogen-bond donors (Lipinski definition) is 1. The van der Waals surface area contributed by atoms with Crippen LogP contribution in [-0.4, -0.2) is 33.7 Å². The van der Waals surface area contributed by atoms with Gasteiger partial charge >= 0.3 is 12.1 Å². The molecule has 31 heavy (non-hydrogen) atoms. The topological polar surface area (TPSA) is 116 Å². The standard InChI is InChI=1S/C19H13F3N4O5/c1-31-18(28)12-8-13(10-15(9-12)26(29)30)23-17(27)11-2-4-14(5-3-11)25-7-6-16(24-25)19(20,21)22/h2-10H,1H3,(H,23,27). The molecule has 0 saturated carbocycles. The predicted octanol–water partition coefficient (Wildman–Crippen LogP) is 3.84. The minimum absolute atomic E-state index is 0.00873. The number of nitrogens with zero attached hydrogens (tertiary/aromatic N) is 3. The highest BCUT2D eigenvalue weighted by Crippen LogP contribution is 2.28. The lowest BCUT2D eigenvalue weighted by Gasteiger charge is -2.08. The molecule has 9 nitrogen and oxygen atoms in total.